The van der Waals surface area contributed by atoms with Gasteiger partial charge in [-0.2, -0.15) is 5.10 Å². The van der Waals surface area contributed by atoms with Crippen LogP contribution in [-0.2, 0) is 13.5 Å². The first-order chi connectivity index (χ1) is 9.33. The second kappa shape index (κ2) is 5.53. The Morgan fingerprint density at radius 2 is 2.16 bits per heavy atom. The van der Waals surface area contributed by atoms with Crippen LogP contribution >= 0.6 is 0 Å². The molecule has 19 heavy (non-hydrogen) atoms. The van der Waals surface area contributed by atoms with Crippen molar-refractivity contribution in [2.45, 2.75) is 25.3 Å². The van der Waals surface area contributed by atoms with Gasteiger partial charge in [0.15, 0.2) is 0 Å². The lowest BCUT2D eigenvalue weighted by atomic mass is 10.1. The number of nitrogens with zero attached hydrogens (tertiary/aromatic N) is 4. The predicted octanol–water partition coefficient (Wildman–Crippen LogP) is 2.19. The van der Waals surface area contributed by atoms with Crippen molar-refractivity contribution in [3.05, 3.63) is 48.0 Å². The van der Waals surface area contributed by atoms with E-state index < -0.39 is 0 Å². The van der Waals surface area contributed by atoms with E-state index in [-0.39, 0.29) is 0 Å². The lowest BCUT2D eigenvalue weighted by molar-refractivity contribution is 0.260. The Morgan fingerprint density at radius 1 is 1.32 bits per heavy atom. The molecule has 1 fully saturated rings. The molecule has 0 unspecified atom stereocenters. The van der Waals surface area contributed by atoms with E-state index in [2.05, 4.69) is 33.3 Å². The molecular formula is C15H20N4. The molecule has 4 nitrogen and oxygen atoms in total. The summed E-state index contributed by atoms with van der Waals surface area (Å²) in [5.41, 5.74) is 2.72. The molecule has 3 heterocycles. The summed E-state index contributed by atoms with van der Waals surface area (Å²) in [6.07, 6.45) is 11.5. The minimum absolute atomic E-state index is 0.551. The first-order valence-electron chi connectivity index (χ1n) is 6.94. The lowest BCUT2D eigenvalue weighted by Crippen LogP contribution is -2.25. The number of aromatic nitrogens is 3. The summed E-state index contributed by atoms with van der Waals surface area (Å²) in [7, 11) is 1.99. The van der Waals surface area contributed by atoms with Crippen molar-refractivity contribution >= 4 is 0 Å². The highest BCUT2D eigenvalue weighted by atomic mass is 15.3. The number of hydrogen-bond acceptors (Lipinski definition) is 3. The predicted molar refractivity (Wildman–Crippen MR) is 74.7 cm³/mol. The topological polar surface area (TPSA) is 34.0 Å². The second-order valence-corrected chi connectivity index (χ2v) is 5.25. The average Bonchev–Trinajstić information content (AvgIpc) is 3.06. The normalized spacial score (nSPS) is 19.9. The molecule has 0 spiro atoms. The maximum atomic E-state index is 4.30. The van der Waals surface area contributed by atoms with E-state index in [0.29, 0.717) is 6.04 Å². The van der Waals surface area contributed by atoms with Crippen molar-refractivity contribution in [2.75, 3.05) is 13.1 Å². The first kappa shape index (κ1) is 12.4. The largest absolute Gasteiger partial charge is 0.296 e. The molecule has 0 bridgehead atoms. The highest BCUT2D eigenvalue weighted by Gasteiger charge is 2.26. The standard InChI is InChI=1S/C15H20N4/c1-18-12-14(11-17-18)15-3-2-9-19(15)10-6-13-4-7-16-8-5-13/h4-5,7-8,11-12,15H,2-3,6,9-10H2,1H3/t15-/m0/s1. The Hall–Kier alpha value is -1.68. The molecule has 1 atom stereocenters. The summed E-state index contributed by atoms with van der Waals surface area (Å²) in [6.45, 7) is 2.31. The molecule has 2 aromatic heterocycles. The van der Waals surface area contributed by atoms with Gasteiger partial charge in [-0.3, -0.25) is 14.6 Å². The summed E-state index contributed by atoms with van der Waals surface area (Å²) in [6, 6.07) is 4.76. The molecule has 2 aromatic rings. The molecule has 0 aliphatic carbocycles. The van der Waals surface area contributed by atoms with Gasteiger partial charge in [-0.1, -0.05) is 0 Å². The fraction of sp³-hybridized carbons (Fsp3) is 0.467. The van der Waals surface area contributed by atoms with E-state index in [4.69, 9.17) is 0 Å². The van der Waals surface area contributed by atoms with Crippen molar-refractivity contribution in [1.29, 1.82) is 0 Å². The number of rotatable bonds is 4. The maximum Gasteiger partial charge on any atom is 0.0537 e. The Kier molecular flexibility index (Phi) is 3.60. The highest BCUT2D eigenvalue weighted by Crippen LogP contribution is 2.31. The fourth-order valence-corrected chi connectivity index (χ4v) is 2.91. The smallest absolute Gasteiger partial charge is 0.0537 e. The number of aryl methyl sites for hydroxylation is 1. The molecule has 0 N–H and O–H groups in total. The molecule has 1 aliphatic rings. The van der Waals surface area contributed by atoms with Crippen LogP contribution in [0.1, 0.15) is 30.0 Å². The van der Waals surface area contributed by atoms with Gasteiger partial charge in [-0.05, 0) is 43.5 Å². The van der Waals surface area contributed by atoms with Crippen LogP contribution in [0.15, 0.2) is 36.9 Å². The van der Waals surface area contributed by atoms with Crippen molar-refractivity contribution in [3.8, 4) is 0 Å². The van der Waals surface area contributed by atoms with Crippen LogP contribution in [0.4, 0.5) is 0 Å². The monoisotopic (exact) mass is 256 g/mol. The number of hydrogen-bond donors (Lipinski definition) is 0. The van der Waals surface area contributed by atoms with Crippen LogP contribution in [0.3, 0.4) is 0 Å². The van der Waals surface area contributed by atoms with Crippen LogP contribution in [0, 0.1) is 0 Å². The van der Waals surface area contributed by atoms with Gasteiger partial charge in [0.2, 0.25) is 0 Å². The molecule has 0 amide bonds. The van der Waals surface area contributed by atoms with Gasteiger partial charge in [-0.15, -0.1) is 0 Å². The summed E-state index contributed by atoms with van der Waals surface area (Å²) in [4.78, 5) is 6.65. The zero-order valence-corrected chi connectivity index (χ0v) is 11.4. The van der Waals surface area contributed by atoms with Gasteiger partial charge in [-0.25, -0.2) is 0 Å². The highest BCUT2D eigenvalue weighted by molar-refractivity contribution is 5.14. The molecule has 1 aliphatic heterocycles. The van der Waals surface area contributed by atoms with Crippen LogP contribution in [-0.4, -0.2) is 32.8 Å². The van der Waals surface area contributed by atoms with E-state index in [1.165, 1.54) is 30.5 Å². The summed E-state index contributed by atoms with van der Waals surface area (Å²) in [5.74, 6) is 0. The van der Waals surface area contributed by atoms with Gasteiger partial charge >= 0.3 is 0 Å². The Bertz CT molecular complexity index is 520. The zero-order chi connectivity index (χ0) is 13.1. The lowest BCUT2D eigenvalue weighted by Gasteiger charge is -2.23. The van der Waals surface area contributed by atoms with Gasteiger partial charge < -0.3 is 0 Å². The van der Waals surface area contributed by atoms with Crippen molar-refractivity contribution < 1.29 is 0 Å². The van der Waals surface area contributed by atoms with E-state index in [1.807, 2.05) is 30.3 Å². The van der Waals surface area contributed by atoms with Crippen molar-refractivity contribution in [1.82, 2.24) is 19.7 Å². The van der Waals surface area contributed by atoms with E-state index >= 15 is 0 Å². The Balaban J connectivity index is 1.64. The quantitative estimate of drug-likeness (QED) is 0.841. The maximum absolute atomic E-state index is 4.30. The third-order valence-electron chi connectivity index (χ3n) is 3.91. The molecule has 100 valence electrons. The summed E-state index contributed by atoms with van der Waals surface area (Å²) < 4.78 is 1.90. The molecule has 0 saturated carbocycles. The third kappa shape index (κ3) is 2.84. The molecule has 0 aromatic carbocycles. The Labute approximate surface area is 114 Å². The minimum Gasteiger partial charge on any atom is -0.296 e. The van der Waals surface area contributed by atoms with Gasteiger partial charge in [0.25, 0.3) is 0 Å². The summed E-state index contributed by atoms with van der Waals surface area (Å²) in [5, 5.41) is 4.30. The van der Waals surface area contributed by atoms with Gasteiger partial charge in [0.05, 0.1) is 6.20 Å². The van der Waals surface area contributed by atoms with E-state index in [0.717, 1.165) is 13.0 Å². The molecule has 1 saturated heterocycles. The summed E-state index contributed by atoms with van der Waals surface area (Å²) >= 11 is 0. The zero-order valence-electron chi connectivity index (χ0n) is 11.4. The third-order valence-corrected chi connectivity index (χ3v) is 3.91. The van der Waals surface area contributed by atoms with Crippen LogP contribution < -0.4 is 0 Å². The molecule has 4 heteroatoms. The Morgan fingerprint density at radius 3 is 2.89 bits per heavy atom. The van der Waals surface area contributed by atoms with Crippen LogP contribution in [0.25, 0.3) is 0 Å². The molecule has 0 radical (unpaired) electrons. The van der Waals surface area contributed by atoms with Gasteiger partial charge in [0, 0.05) is 43.8 Å². The molecular weight excluding hydrogens is 236 g/mol. The number of pyridine rings is 1. The van der Waals surface area contributed by atoms with Crippen molar-refractivity contribution in [2.24, 2.45) is 7.05 Å². The molecule has 3 rings (SSSR count). The average molecular weight is 256 g/mol. The second-order valence-electron chi connectivity index (χ2n) is 5.25. The van der Waals surface area contributed by atoms with E-state index in [9.17, 15) is 0 Å². The first-order valence-corrected chi connectivity index (χ1v) is 6.94. The fourth-order valence-electron chi connectivity index (χ4n) is 2.91. The minimum atomic E-state index is 0.551. The van der Waals surface area contributed by atoms with E-state index in [1.54, 1.807) is 0 Å². The van der Waals surface area contributed by atoms with Crippen LogP contribution in [0.5, 0.6) is 0 Å². The number of likely N-dealkylation sites (tertiary alicyclic amines) is 1. The van der Waals surface area contributed by atoms with Crippen LogP contribution in [0.2, 0.25) is 0 Å². The SMILES string of the molecule is Cn1cc([C@@H]2CCCN2CCc2ccncc2)cn1. The van der Waals surface area contributed by atoms with Gasteiger partial charge in [0.1, 0.15) is 0 Å². The van der Waals surface area contributed by atoms with Crippen molar-refractivity contribution in [3.63, 3.8) is 0 Å².